The molecule has 1 aliphatic heterocycles. The number of aryl methyl sites for hydroxylation is 1. The van der Waals surface area contributed by atoms with Crippen LogP contribution in [0.25, 0.3) is 22.1 Å². The summed E-state index contributed by atoms with van der Waals surface area (Å²) in [5, 5.41) is 19.2. The quantitative estimate of drug-likeness (QED) is 0.559. The van der Waals surface area contributed by atoms with Crippen LogP contribution in [0.5, 0.6) is 0 Å². The van der Waals surface area contributed by atoms with Crippen LogP contribution in [0.1, 0.15) is 6.92 Å². The average molecular weight is 363 g/mol. The molecule has 1 fully saturated rings. The van der Waals surface area contributed by atoms with E-state index in [1.807, 2.05) is 30.0 Å². The van der Waals surface area contributed by atoms with Gasteiger partial charge in [0, 0.05) is 30.7 Å². The Morgan fingerprint density at radius 3 is 3.07 bits per heavy atom. The van der Waals surface area contributed by atoms with Crippen molar-refractivity contribution >= 4 is 39.5 Å². The van der Waals surface area contributed by atoms with Gasteiger partial charge in [-0.3, -0.25) is 9.89 Å². The number of rotatable bonds is 4. The molecule has 4 aromatic rings. The largest absolute Gasteiger partial charge is 0.353 e. The van der Waals surface area contributed by atoms with E-state index in [1.165, 1.54) is 6.33 Å². The van der Waals surface area contributed by atoms with Gasteiger partial charge in [0.15, 0.2) is 17.0 Å². The molecular formula is C17H17N9O. The molecule has 136 valence electrons. The van der Waals surface area contributed by atoms with Crippen molar-refractivity contribution in [1.29, 1.82) is 0 Å². The molecule has 1 aliphatic rings. The van der Waals surface area contributed by atoms with E-state index >= 15 is 0 Å². The second-order valence-electron chi connectivity index (χ2n) is 6.54. The lowest BCUT2D eigenvalue weighted by Crippen LogP contribution is -2.52. The Morgan fingerprint density at radius 2 is 2.22 bits per heavy atom. The number of hydrogen-bond donors (Lipinski definition) is 2. The first-order valence-corrected chi connectivity index (χ1v) is 8.76. The second kappa shape index (κ2) is 6.01. The first kappa shape index (κ1) is 15.7. The fourth-order valence-electron chi connectivity index (χ4n) is 3.30. The topological polar surface area (TPSA) is 118 Å². The van der Waals surface area contributed by atoms with Gasteiger partial charge in [-0.1, -0.05) is 5.21 Å². The molecule has 0 atom stereocenters. The molecule has 0 unspecified atom stereocenters. The number of aromatic nitrogens is 7. The Labute approximate surface area is 153 Å². The third-order valence-corrected chi connectivity index (χ3v) is 4.84. The Morgan fingerprint density at radius 1 is 1.33 bits per heavy atom. The van der Waals surface area contributed by atoms with Crippen molar-refractivity contribution < 1.29 is 4.79 Å². The van der Waals surface area contributed by atoms with E-state index in [0.29, 0.717) is 30.8 Å². The summed E-state index contributed by atoms with van der Waals surface area (Å²) in [5.74, 6) is 0.615. The molecule has 0 bridgehead atoms. The zero-order valence-electron chi connectivity index (χ0n) is 14.6. The van der Waals surface area contributed by atoms with Crippen LogP contribution in [-0.2, 0) is 11.3 Å². The van der Waals surface area contributed by atoms with Crippen molar-refractivity contribution in [3.8, 4) is 0 Å². The third kappa shape index (κ3) is 2.57. The van der Waals surface area contributed by atoms with Crippen LogP contribution < -0.4 is 10.2 Å². The smallest absolute Gasteiger partial charge is 0.231 e. The van der Waals surface area contributed by atoms with Crippen molar-refractivity contribution in [2.24, 2.45) is 5.92 Å². The van der Waals surface area contributed by atoms with E-state index in [2.05, 4.69) is 35.8 Å². The van der Waals surface area contributed by atoms with E-state index in [0.717, 1.165) is 22.4 Å². The molecule has 1 aromatic carbocycles. The van der Waals surface area contributed by atoms with Crippen molar-refractivity contribution in [2.75, 3.05) is 23.3 Å². The Kier molecular flexibility index (Phi) is 3.49. The maximum Gasteiger partial charge on any atom is 0.231 e. The fraction of sp³-hybridized carbons (Fsp3) is 0.294. The Bertz CT molecular complexity index is 1140. The molecule has 4 heterocycles. The summed E-state index contributed by atoms with van der Waals surface area (Å²) in [6.45, 7) is 3.85. The predicted molar refractivity (Wildman–Crippen MR) is 99.2 cm³/mol. The van der Waals surface area contributed by atoms with Crippen molar-refractivity contribution in [3.63, 3.8) is 0 Å². The summed E-state index contributed by atoms with van der Waals surface area (Å²) in [4.78, 5) is 23.2. The van der Waals surface area contributed by atoms with Crippen LogP contribution in [0.3, 0.4) is 0 Å². The van der Waals surface area contributed by atoms with Gasteiger partial charge in [0.2, 0.25) is 5.91 Å². The van der Waals surface area contributed by atoms with Crippen molar-refractivity contribution in [2.45, 2.75) is 13.5 Å². The molecule has 0 saturated carbocycles. The summed E-state index contributed by atoms with van der Waals surface area (Å²) in [6.07, 6.45) is 3.27. The second-order valence-corrected chi connectivity index (χ2v) is 6.54. The summed E-state index contributed by atoms with van der Waals surface area (Å²) < 4.78 is 1.73. The molecule has 1 amide bonds. The number of benzene rings is 1. The van der Waals surface area contributed by atoms with E-state index in [9.17, 15) is 4.79 Å². The highest BCUT2D eigenvalue weighted by atomic mass is 16.2. The van der Waals surface area contributed by atoms with Gasteiger partial charge in [-0.05, 0) is 25.1 Å². The number of H-pyrrole nitrogens is 1. The van der Waals surface area contributed by atoms with E-state index in [1.54, 1.807) is 10.9 Å². The van der Waals surface area contributed by atoms with Gasteiger partial charge in [-0.25, -0.2) is 14.6 Å². The Balaban J connectivity index is 1.29. The number of anilines is 2. The normalized spacial score (nSPS) is 14.6. The SMILES string of the molecule is CCn1nnc2c(N3CC(C(=O)Nc4ccc5cn[nH]c5c4)C3)ncnc21. The number of fused-ring (bicyclic) bond motifs is 2. The predicted octanol–water partition coefficient (Wildman–Crippen LogP) is 1.19. The van der Waals surface area contributed by atoms with Crippen LogP contribution in [0.2, 0.25) is 0 Å². The highest BCUT2D eigenvalue weighted by molar-refractivity contribution is 5.96. The van der Waals surface area contributed by atoms with Gasteiger partial charge in [-0.15, -0.1) is 5.10 Å². The first-order valence-electron chi connectivity index (χ1n) is 8.76. The number of carbonyl (C=O) groups is 1. The molecule has 0 spiro atoms. The minimum absolute atomic E-state index is 0.00683. The maximum absolute atomic E-state index is 12.5. The van der Waals surface area contributed by atoms with Gasteiger partial charge in [-0.2, -0.15) is 5.10 Å². The molecule has 27 heavy (non-hydrogen) atoms. The number of hydrogen-bond acceptors (Lipinski definition) is 7. The van der Waals surface area contributed by atoms with E-state index in [-0.39, 0.29) is 11.8 Å². The molecular weight excluding hydrogens is 346 g/mol. The van der Waals surface area contributed by atoms with Gasteiger partial charge in [0.05, 0.1) is 17.6 Å². The standard InChI is InChI=1S/C17H17N9O/c1-2-26-16-14(23-24-26)15(18-9-19-16)25-7-11(8-25)17(27)21-12-4-3-10-6-20-22-13(10)5-12/h3-6,9,11H,2,7-8H2,1H3,(H,20,22)(H,21,27). The zero-order chi connectivity index (χ0) is 18.4. The van der Waals surface area contributed by atoms with Gasteiger partial charge < -0.3 is 10.2 Å². The molecule has 3 aromatic heterocycles. The molecule has 1 saturated heterocycles. The minimum Gasteiger partial charge on any atom is -0.353 e. The third-order valence-electron chi connectivity index (χ3n) is 4.84. The van der Waals surface area contributed by atoms with Gasteiger partial charge in [0.1, 0.15) is 6.33 Å². The lowest BCUT2D eigenvalue weighted by atomic mass is 9.99. The summed E-state index contributed by atoms with van der Waals surface area (Å²) in [6, 6.07) is 5.69. The van der Waals surface area contributed by atoms with E-state index in [4.69, 9.17) is 0 Å². The molecule has 0 radical (unpaired) electrons. The molecule has 0 aliphatic carbocycles. The Hall–Kier alpha value is -3.56. The molecule has 10 heteroatoms. The fourth-order valence-corrected chi connectivity index (χ4v) is 3.30. The number of nitrogens with one attached hydrogen (secondary N) is 2. The number of aromatic amines is 1. The monoisotopic (exact) mass is 363 g/mol. The summed E-state index contributed by atoms with van der Waals surface area (Å²) in [7, 11) is 0. The highest BCUT2D eigenvalue weighted by Crippen LogP contribution is 2.28. The van der Waals surface area contributed by atoms with Crippen LogP contribution in [0.15, 0.2) is 30.7 Å². The van der Waals surface area contributed by atoms with E-state index < -0.39 is 0 Å². The average Bonchev–Trinajstić information content (AvgIpc) is 3.26. The van der Waals surface area contributed by atoms with Crippen molar-refractivity contribution in [3.05, 3.63) is 30.7 Å². The minimum atomic E-state index is -0.103. The number of amides is 1. The van der Waals surface area contributed by atoms with Crippen molar-refractivity contribution in [1.82, 2.24) is 35.2 Å². The molecule has 10 nitrogen and oxygen atoms in total. The van der Waals surface area contributed by atoms with Gasteiger partial charge in [0.25, 0.3) is 0 Å². The van der Waals surface area contributed by atoms with Crippen LogP contribution in [-0.4, -0.2) is 54.2 Å². The van der Waals surface area contributed by atoms with Crippen LogP contribution >= 0.6 is 0 Å². The van der Waals surface area contributed by atoms with Crippen LogP contribution in [0, 0.1) is 5.92 Å². The summed E-state index contributed by atoms with van der Waals surface area (Å²) in [5.41, 5.74) is 3.03. The number of carbonyl (C=O) groups excluding carboxylic acids is 1. The lowest BCUT2D eigenvalue weighted by molar-refractivity contribution is -0.120. The zero-order valence-corrected chi connectivity index (χ0v) is 14.6. The number of nitrogens with zero attached hydrogens (tertiary/aromatic N) is 7. The summed E-state index contributed by atoms with van der Waals surface area (Å²) >= 11 is 0. The first-order chi connectivity index (χ1) is 13.2. The van der Waals surface area contributed by atoms with Gasteiger partial charge >= 0.3 is 0 Å². The molecule has 5 rings (SSSR count). The molecule has 2 N–H and O–H groups in total. The highest BCUT2D eigenvalue weighted by Gasteiger charge is 2.35. The van der Waals surface area contributed by atoms with Crippen LogP contribution in [0.4, 0.5) is 11.5 Å². The lowest BCUT2D eigenvalue weighted by Gasteiger charge is -2.38. The maximum atomic E-state index is 12.5.